The van der Waals surface area contributed by atoms with Crippen LogP contribution in [0, 0.1) is 11.8 Å². The molecule has 108 valence electrons. The van der Waals surface area contributed by atoms with E-state index in [1.807, 2.05) is 20.8 Å². The highest BCUT2D eigenvalue weighted by molar-refractivity contribution is 6.31. The maximum absolute atomic E-state index is 11.1. The van der Waals surface area contributed by atoms with Gasteiger partial charge in [-0.1, -0.05) is 23.4 Å². The van der Waals surface area contributed by atoms with Crippen LogP contribution in [-0.2, 0) is 6.61 Å². The Labute approximate surface area is 124 Å². The van der Waals surface area contributed by atoms with Crippen molar-refractivity contribution in [1.82, 2.24) is 4.90 Å². The molecular formula is C15H18ClNO3. The van der Waals surface area contributed by atoms with E-state index in [9.17, 15) is 4.79 Å². The molecule has 1 rings (SSSR count). The number of hydrogen-bond acceptors (Lipinski definition) is 2. The monoisotopic (exact) mass is 295 g/mol. The second-order valence-electron chi connectivity index (χ2n) is 5.31. The first-order chi connectivity index (χ1) is 9.25. The van der Waals surface area contributed by atoms with E-state index in [2.05, 4.69) is 11.8 Å². The molecule has 0 unspecified atom stereocenters. The van der Waals surface area contributed by atoms with Crippen molar-refractivity contribution in [2.45, 2.75) is 32.9 Å². The number of aliphatic hydroxyl groups is 1. The van der Waals surface area contributed by atoms with Crippen LogP contribution in [0.3, 0.4) is 0 Å². The molecule has 0 saturated carbocycles. The zero-order valence-electron chi connectivity index (χ0n) is 11.8. The van der Waals surface area contributed by atoms with Gasteiger partial charge in [-0.3, -0.25) is 4.90 Å². The van der Waals surface area contributed by atoms with Crippen LogP contribution in [0.1, 0.15) is 31.9 Å². The maximum Gasteiger partial charge on any atom is 0.408 e. The quantitative estimate of drug-likeness (QED) is 0.825. The molecule has 0 aliphatic heterocycles. The van der Waals surface area contributed by atoms with Crippen LogP contribution in [0.15, 0.2) is 18.2 Å². The molecule has 1 aromatic carbocycles. The summed E-state index contributed by atoms with van der Waals surface area (Å²) in [4.78, 5) is 12.4. The van der Waals surface area contributed by atoms with Crippen LogP contribution < -0.4 is 0 Å². The highest BCUT2D eigenvalue weighted by Crippen LogP contribution is 2.17. The van der Waals surface area contributed by atoms with Crippen LogP contribution >= 0.6 is 11.6 Å². The Morgan fingerprint density at radius 2 is 2.05 bits per heavy atom. The second kappa shape index (κ2) is 6.65. The molecule has 0 spiro atoms. The third kappa shape index (κ3) is 4.44. The molecule has 0 fully saturated rings. The number of nitrogens with zero attached hydrogens (tertiary/aromatic N) is 1. The van der Waals surface area contributed by atoms with Crippen molar-refractivity contribution in [3.63, 3.8) is 0 Å². The zero-order valence-corrected chi connectivity index (χ0v) is 12.5. The number of carbonyl (C=O) groups is 1. The number of amides is 1. The largest absolute Gasteiger partial charge is 0.465 e. The van der Waals surface area contributed by atoms with Gasteiger partial charge in [0.05, 0.1) is 13.2 Å². The van der Waals surface area contributed by atoms with Gasteiger partial charge in [-0.2, -0.15) is 0 Å². The summed E-state index contributed by atoms with van der Waals surface area (Å²) in [6.07, 6.45) is -1.00. The van der Waals surface area contributed by atoms with Gasteiger partial charge in [0, 0.05) is 16.1 Å². The third-order valence-corrected chi connectivity index (χ3v) is 3.10. The Morgan fingerprint density at radius 3 is 2.55 bits per heavy atom. The van der Waals surface area contributed by atoms with E-state index in [1.54, 1.807) is 18.2 Å². The van der Waals surface area contributed by atoms with E-state index in [4.69, 9.17) is 21.8 Å². The molecule has 0 aliphatic rings. The molecule has 0 saturated heterocycles. The zero-order chi connectivity index (χ0) is 15.3. The maximum atomic E-state index is 11.1. The number of benzene rings is 1. The SMILES string of the molecule is CC(C)(C)N(CC#Cc1ccc(Cl)c(CO)c1)C(=O)O. The molecule has 0 atom stereocenters. The summed E-state index contributed by atoms with van der Waals surface area (Å²) in [7, 11) is 0. The summed E-state index contributed by atoms with van der Waals surface area (Å²) in [5, 5.41) is 18.7. The van der Waals surface area contributed by atoms with E-state index in [0.717, 1.165) is 0 Å². The summed E-state index contributed by atoms with van der Waals surface area (Å²) < 4.78 is 0. The first-order valence-electron chi connectivity index (χ1n) is 6.14. The molecule has 1 amide bonds. The molecular weight excluding hydrogens is 278 g/mol. The number of aliphatic hydroxyl groups excluding tert-OH is 1. The molecule has 0 aromatic heterocycles. The predicted octanol–water partition coefficient (Wildman–Crippen LogP) is 2.96. The number of carboxylic acid groups (broad SMARTS) is 1. The normalized spacial score (nSPS) is 10.7. The summed E-state index contributed by atoms with van der Waals surface area (Å²) in [5.41, 5.74) is 0.790. The van der Waals surface area contributed by atoms with Gasteiger partial charge in [-0.25, -0.2) is 4.79 Å². The van der Waals surface area contributed by atoms with Gasteiger partial charge in [0.1, 0.15) is 0 Å². The van der Waals surface area contributed by atoms with Crippen molar-refractivity contribution in [2.75, 3.05) is 6.54 Å². The topological polar surface area (TPSA) is 60.8 Å². The Morgan fingerprint density at radius 1 is 1.40 bits per heavy atom. The van der Waals surface area contributed by atoms with Crippen molar-refractivity contribution >= 4 is 17.7 Å². The number of rotatable bonds is 2. The minimum Gasteiger partial charge on any atom is -0.465 e. The Balaban J connectivity index is 2.87. The van der Waals surface area contributed by atoms with Crippen molar-refractivity contribution < 1.29 is 15.0 Å². The minimum absolute atomic E-state index is 0.121. The highest BCUT2D eigenvalue weighted by Gasteiger charge is 2.24. The van der Waals surface area contributed by atoms with Gasteiger partial charge in [0.15, 0.2) is 0 Å². The Hall–Kier alpha value is -1.70. The van der Waals surface area contributed by atoms with E-state index in [0.29, 0.717) is 16.1 Å². The fraction of sp³-hybridized carbons (Fsp3) is 0.400. The molecule has 20 heavy (non-hydrogen) atoms. The van der Waals surface area contributed by atoms with E-state index in [1.165, 1.54) is 4.90 Å². The average molecular weight is 296 g/mol. The lowest BCUT2D eigenvalue weighted by Gasteiger charge is -2.31. The summed E-state index contributed by atoms with van der Waals surface area (Å²) in [5.74, 6) is 5.71. The van der Waals surface area contributed by atoms with Crippen LogP contribution in [0.2, 0.25) is 5.02 Å². The molecule has 4 nitrogen and oxygen atoms in total. The summed E-state index contributed by atoms with van der Waals surface area (Å²) >= 11 is 5.89. The minimum atomic E-state index is -1.00. The Kier molecular flexibility index (Phi) is 5.43. The molecule has 0 heterocycles. The number of hydrogen-bond donors (Lipinski definition) is 2. The van der Waals surface area contributed by atoms with E-state index < -0.39 is 11.6 Å². The highest BCUT2D eigenvalue weighted by atomic mass is 35.5. The van der Waals surface area contributed by atoms with Crippen molar-refractivity contribution in [3.8, 4) is 11.8 Å². The van der Waals surface area contributed by atoms with Crippen molar-refractivity contribution in [3.05, 3.63) is 34.3 Å². The lowest BCUT2D eigenvalue weighted by atomic mass is 10.1. The average Bonchev–Trinajstić information content (AvgIpc) is 2.34. The second-order valence-corrected chi connectivity index (χ2v) is 5.71. The van der Waals surface area contributed by atoms with Gasteiger partial charge < -0.3 is 10.2 Å². The lowest BCUT2D eigenvalue weighted by Crippen LogP contribution is -2.45. The fourth-order valence-electron chi connectivity index (χ4n) is 1.59. The first kappa shape index (κ1) is 16.4. The molecule has 5 heteroatoms. The van der Waals surface area contributed by atoms with Crippen molar-refractivity contribution in [2.24, 2.45) is 0 Å². The van der Waals surface area contributed by atoms with E-state index in [-0.39, 0.29) is 13.2 Å². The van der Waals surface area contributed by atoms with Crippen LogP contribution in [0.5, 0.6) is 0 Å². The molecule has 1 aromatic rings. The lowest BCUT2D eigenvalue weighted by molar-refractivity contribution is 0.110. The molecule has 0 bridgehead atoms. The Bertz CT molecular complexity index is 552. The summed E-state index contributed by atoms with van der Waals surface area (Å²) in [6, 6.07) is 5.09. The molecule has 2 N–H and O–H groups in total. The van der Waals surface area contributed by atoms with Crippen LogP contribution in [0.25, 0.3) is 0 Å². The van der Waals surface area contributed by atoms with E-state index >= 15 is 0 Å². The smallest absolute Gasteiger partial charge is 0.408 e. The third-order valence-electron chi connectivity index (χ3n) is 2.73. The first-order valence-corrected chi connectivity index (χ1v) is 6.52. The standard InChI is InChI=1S/C15H18ClNO3/c1-15(2,3)17(14(19)20)8-4-5-11-6-7-13(16)12(9-11)10-18/h6-7,9,18H,8,10H2,1-3H3,(H,19,20). The fourth-order valence-corrected chi connectivity index (χ4v) is 1.76. The van der Waals surface area contributed by atoms with Gasteiger partial charge in [0.25, 0.3) is 0 Å². The van der Waals surface area contributed by atoms with Crippen LogP contribution in [0.4, 0.5) is 4.79 Å². The van der Waals surface area contributed by atoms with Gasteiger partial charge in [-0.05, 0) is 44.5 Å². The van der Waals surface area contributed by atoms with Gasteiger partial charge in [0.2, 0.25) is 0 Å². The van der Waals surface area contributed by atoms with Crippen LogP contribution in [-0.4, -0.2) is 33.3 Å². The summed E-state index contributed by atoms with van der Waals surface area (Å²) in [6.45, 7) is 5.41. The molecule has 0 radical (unpaired) electrons. The predicted molar refractivity (Wildman–Crippen MR) is 78.7 cm³/mol. The van der Waals surface area contributed by atoms with Crippen molar-refractivity contribution in [1.29, 1.82) is 0 Å². The van der Waals surface area contributed by atoms with Gasteiger partial charge in [-0.15, -0.1) is 0 Å². The molecule has 0 aliphatic carbocycles. The van der Waals surface area contributed by atoms with Gasteiger partial charge >= 0.3 is 6.09 Å². The number of halogens is 1.